The molecule has 0 saturated heterocycles. The monoisotopic (exact) mass is 276 g/mol. The van der Waals surface area contributed by atoms with E-state index in [4.69, 9.17) is 4.74 Å². The van der Waals surface area contributed by atoms with E-state index < -0.39 is 0 Å². The van der Waals surface area contributed by atoms with Crippen molar-refractivity contribution in [3.63, 3.8) is 0 Å². The number of fused-ring (bicyclic) bond motifs is 1. The van der Waals surface area contributed by atoms with E-state index in [9.17, 15) is 0 Å². The number of para-hydroxylation sites is 1. The van der Waals surface area contributed by atoms with E-state index in [1.165, 1.54) is 24.2 Å². The lowest BCUT2D eigenvalue weighted by atomic mass is 9.94. The van der Waals surface area contributed by atoms with Gasteiger partial charge in [0.1, 0.15) is 0 Å². The normalized spacial score (nSPS) is 18.1. The van der Waals surface area contributed by atoms with E-state index in [-0.39, 0.29) is 0 Å². The molecule has 3 nitrogen and oxygen atoms in total. The maximum atomic E-state index is 5.34. The van der Waals surface area contributed by atoms with Crippen LogP contribution in [-0.2, 0) is 11.2 Å². The van der Waals surface area contributed by atoms with Crippen molar-refractivity contribution in [1.29, 1.82) is 0 Å². The smallest absolute Gasteiger partial charge is 0.0477 e. The highest BCUT2D eigenvalue weighted by Gasteiger charge is 2.20. The Kier molecular flexibility index (Phi) is 6.34. The molecule has 1 aliphatic heterocycles. The molecule has 0 aromatic heterocycles. The van der Waals surface area contributed by atoms with Crippen molar-refractivity contribution < 1.29 is 4.74 Å². The fourth-order valence-electron chi connectivity index (χ4n) is 2.90. The number of nitrogens with zero attached hydrogens (tertiary/aromatic N) is 1. The van der Waals surface area contributed by atoms with Crippen LogP contribution in [0.3, 0.4) is 0 Å². The molecule has 1 aromatic rings. The predicted molar refractivity (Wildman–Crippen MR) is 85.5 cm³/mol. The Balaban J connectivity index is 1.73. The number of ether oxygens (including phenoxy) is 1. The van der Waals surface area contributed by atoms with Crippen LogP contribution in [0.2, 0.25) is 0 Å². The van der Waals surface area contributed by atoms with Crippen molar-refractivity contribution in [2.45, 2.75) is 26.7 Å². The predicted octanol–water partition coefficient (Wildman–Crippen LogP) is 2.70. The van der Waals surface area contributed by atoms with Crippen LogP contribution in [-0.4, -0.2) is 39.4 Å². The summed E-state index contributed by atoms with van der Waals surface area (Å²) < 4.78 is 5.34. The Hall–Kier alpha value is -1.06. The van der Waals surface area contributed by atoms with Gasteiger partial charge in [-0.25, -0.2) is 0 Å². The molecule has 1 aliphatic rings. The Morgan fingerprint density at radius 1 is 1.30 bits per heavy atom. The lowest BCUT2D eigenvalue weighted by Crippen LogP contribution is -2.39. The van der Waals surface area contributed by atoms with Gasteiger partial charge in [0, 0.05) is 38.5 Å². The van der Waals surface area contributed by atoms with Gasteiger partial charge >= 0.3 is 0 Å². The van der Waals surface area contributed by atoms with E-state index in [0.29, 0.717) is 0 Å². The van der Waals surface area contributed by atoms with Crippen LogP contribution in [0, 0.1) is 5.92 Å². The van der Waals surface area contributed by atoms with Crippen molar-refractivity contribution in [2.75, 3.05) is 44.3 Å². The molecule has 0 fully saturated rings. The minimum absolute atomic E-state index is 0.753. The van der Waals surface area contributed by atoms with Gasteiger partial charge in [-0.2, -0.15) is 0 Å². The number of hydrogen-bond acceptors (Lipinski definition) is 3. The fourth-order valence-corrected chi connectivity index (χ4v) is 2.90. The molecule has 1 unspecified atom stereocenters. The minimum atomic E-state index is 0.753. The highest BCUT2D eigenvalue weighted by atomic mass is 16.5. The Morgan fingerprint density at radius 2 is 2.15 bits per heavy atom. The number of anilines is 1. The average molecular weight is 276 g/mol. The van der Waals surface area contributed by atoms with Gasteiger partial charge in [-0.15, -0.1) is 0 Å². The first-order chi connectivity index (χ1) is 9.81. The van der Waals surface area contributed by atoms with E-state index in [1.54, 1.807) is 0 Å². The van der Waals surface area contributed by atoms with E-state index in [1.807, 2.05) is 6.92 Å². The maximum Gasteiger partial charge on any atom is 0.0477 e. The summed E-state index contributed by atoms with van der Waals surface area (Å²) in [7, 11) is 0. The molecule has 1 aromatic carbocycles. The maximum absolute atomic E-state index is 5.34. The quantitative estimate of drug-likeness (QED) is 0.739. The third-order valence-electron chi connectivity index (χ3n) is 3.84. The second kappa shape index (κ2) is 8.28. The standard InChI is InChI=1S/C17H28N2O/c1-3-20-12-6-9-18-10-11-19-14-15(2)13-16-7-4-5-8-17(16)19/h4-5,7-8,15,18H,3,6,9-14H2,1-2H3. The highest BCUT2D eigenvalue weighted by molar-refractivity contribution is 5.55. The molecule has 2 rings (SSSR count). The molecule has 112 valence electrons. The number of rotatable bonds is 8. The van der Waals surface area contributed by atoms with E-state index in [2.05, 4.69) is 41.4 Å². The lowest BCUT2D eigenvalue weighted by molar-refractivity contribution is 0.145. The third kappa shape index (κ3) is 4.50. The van der Waals surface area contributed by atoms with Crippen LogP contribution in [0.15, 0.2) is 24.3 Å². The van der Waals surface area contributed by atoms with Crippen molar-refractivity contribution in [3.8, 4) is 0 Å². The van der Waals surface area contributed by atoms with Gasteiger partial charge in [-0.05, 0) is 43.9 Å². The second-order valence-electron chi connectivity index (χ2n) is 5.68. The van der Waals surface area contributed by atoms with Crippen LogP contribution in [0.25, 0.3) is 0 Å². The summed E-state index contributed by atoms with van der Waals surface area (Å²) in [6, 6.07) is 8.84. The second-order valence-corrected chi connectivity index (χ2v) is 5.68. The molecule has 0 spiro atoms. The van der Waals surface area contributed by atoms with E-state index >= 15 is 0 Å². The molecule has 0 bridgehead atoms. The topological polar surface area (TPSA) is 24.5 Å². The fraction of sp³-hybridized carbons (Fsp3) is 0.647. The van der Waals surface area contributed by atoms with Crippen LogP contribution < -0.4 is 10.2 Å². The zero-order valence-corrected chi connectivity index (χ0v) is 12.9. The summed E-state index contributed by atoms with van der Waals surface area (Å²) in [5, 5.41) is 3.52. The van der Waals surface area contributed by atoms with Crippen molar-refractivity contribution in [3.05, 3.63) is 29.8 Å². The summed E-state index contributed by atoms with van der Waals surface area (Å²) >= 11 is 0. The molecule has 1 heterocycles. The minimum Gasteiger partial charge on any atom is -0.382 e. The van der Waals surface area contributed by atoms with Gasteiger partial charge < -0.3 is 15.0 Å². The molecule has 3 heteroatoms. The first kappa shape index (κ1) is 15.3. The molecule has 0 amide bonds. The Morgan fingerprint density at radius 3 is 3.00 bits per heavy atom. The third-order valence-corrected chi connectivity index (χ3v) is 3.84. The van der Waals surface area contributed by atoms with Gasteiger partial charge in [-0.1, -0.05) is 25.1 Å². The zero-order chi connectivity index (χ0) is 14.2. The first-order valence-electron chi connectivity index (χ1n) is 7.92. The molecule has 0 saturated carbocycles. The molecule has 1 atom stereocenters. The molecule has 0 aliphatic carbocycles. The molecule has 20 heavy (non-hydrogen) atoms. The van der Waals surface area contributed by atoms with Gasteiger partial charge in [0.15, 0.2) is 0 Å². The summed E-state index contributed by atoms with van der Waals surface area (Å²) in [6.45, 7) is 10.4. The van der Waals surface area contributed by atoms with Crippen LogP contribution in [0.5, 0.6) is 0 Å². The zero-order valence-electron chi connectivity index (χ0n) is 12.9. The largest absolute Gasteiger partial charge is 0.382 e. The number of nitrogens with one attached hydrogen (secondary N) is 1. The van der Waals surface area contributed by atoms with Crippen molar-refractivity contribution >= 4 is 5.69 Å². The van der Waals surface area contributed by atoms with Gasteiger partial charge in [0.25, 0.3) is 0 Å². The first-order valence-corrected chi connectivity index (χ1v) is 7.92. The Bertz CT molecular complexity index is 394. The molecule has 1 N–H and O–H groups in total. The van der Waals surface area contributed by atoms with Crippen molar-refractivity contribution in [1.82, 2.24) is 5.32 Å². The highest BCUT2D eigenvalue weighted by Crippen LogP contribution is 2.28. The molecular weight excluding hydrogens is 248 g/mol. The molecule has 0 radical (unpaired) electrons. The number of benzene rings is 1. The summed E-state index contributed by atoms with van der Waals surface area (Å²) in [6.07, 6.45) is 2.31. The van der Waals surface area contributed by atoms with Crippen LogP contribution in [0.1, 0.15) is 25.8 Å². The average Bonchev–Trinajstić information content (AvgIpc) is 2.46. The van der Waals surface area contributed by atoms with Crippen molar-refractivity contribution in [2.24, 2.45) is 5.92 Å². The van der Waals surface area contributed by atoms with Gasteiger partial charge in [-0.3, -0.25) is 0 Å². The lowest BCUT2D eigenvalue weighted by Gasteiger charge is -2.35. The summed E-state index contributed by atoms with van der Waals surface area (Å²) in [5.41, 5.74) is 2.93. The van der Waals surface area contributed by atoms with Gasteiger partial charge in [0.2, 0.25) is 0 Å². The van der Waals surface area contributed by atoms with Gasteiger partial charge in [0.05, 0.1) is 0 Å². The summed E-state index contributed by atoms with van der Waals surface area (Å²) in [4.78, 5) is 2.53. The van der Waals surface area contributed by atoms with Crippen LogP contribution >= 0.6 is 0 Å². The summed E-state index contributed by atoms with van der Waals surface area (Å²) in [5.74, 6) is 0.753. The SMILES string of the molecule is CCOCCCNCCN1CC(C)Cc2ccccc21. The molecular formula is C17H28N2O. The van der Waals surface area contributed by atoms with Crippen LogP contribution in [0.4, 0.5) is 5.69 Å². The Labute approximate surface area is 123 Å². The van der Waals surface area contributed by atoms with E-state index in [0.717, 1.165) is 45.2 Å². The number of hydrogen-bond donors (Lipinski definition) is 1.